The molecule has 2 heterocycles. The van der Waals surface area contributed by atoms with Gasteiger partial charge in [0.25, 0.3) is 0 Å². The van der Waals surface area contributed by atoms with Crippen molar-refractivity contribution in [3.05, 3.63) is 45.4 Å². The van der Waals surface area contributed by atoms with E-state index in [0.717, 1.165) is 5.52 Å². The molecule has 0 aliphatic carbocycles. The summed E-state index contributed by atoms with van der Waals surface area (Å²) in [6, 6.07) is 6.49. The Balaban J connectivity index is 0.000000240. The number of rotatable bonds is 2. The molecule has 3 rings (SSSR count). The quantitative estimate of drug-likeness (QED) is 0.459. The molecule has 1 aromatic carbocycles. The highest BCUT2D eigenvalue weighted by Gasteiger charge is 2.17. The van der Waals surface area contributed by atoms with Gasteiger partial charge in [-0.25, -0.2) is 9.97 Å². The van der Waals surface area contributed by atoms with Crippen LogP contribution in [0.3, 0.4) is 0 Å². The molecule has 0 N–H and O–H groups in total. The SMILES string of the molecule is C.CC(C)c1ccc2ncsc2c1.CC(C)c1ncc(C(C)(C)C)s1. The lowest BCUT2D eigenvalue weighted by molar-refractivity contribution is 0.602. The summed E-state index contributed by atoms with van der Waals surface area (Å²) in [7, 11) is 0. The summed E-state index contributed by atoms with van der Waals surface area (Å²) in [5.41, 5.74) is 4.66. The number of thiazole rings is 2. The van der Waals surface area contributed by atoms with E-state index >= 15 is 0 Å². The highest BCUT2D eigenvalue weighted by Crippen LogP contribution is 2.30. The van der Waals surface area contributed by atoms with Crippen LogP contribution in [0.5, 0.6) is 0 Å². The Kier molecular flexibility index (Phi) is 7.76. The molecule has 25 heavy (non-hydrogen) atoms. The van der Waals surface area contributed by atoms with Crippen molar-refractivity contribution in [1.29, 1.82) is 0 Å². The zero-order chi connectivity index (χ0) is 17.9. The van der Waals surface area contributed by atoms with Crippen LogP contribution in [0.1, 0.15) is 83.2 Å². The van der Waals surface area contributed by atoms with Crippen molar-refractivity contribution in [1.82, 2.24) is 9.97 Å². The number of aromatic nitrogens is 2. The highest BCUT2D eigenvalue weighted by molar-refractivity contribution is 7.16. The van der Waals surface area contributed by atoms with Crippen LogP contribution in [-0.2, 0) is 5.41 Å². The van der Waals surface area contributed by atoms with E-state index in [1.807, 2.05) is 23.0 Å². The van der Waals surface area contributed by atoms with Gasteiger partial charge in [0.1, 0.15) is 0 Å². The zero-order valence-electron chi connectivity index (χ0n) is 15.8. The summed E-state index contributed by atoms with van der Waals surface area (Å²) in [6.07, 6.45) is 2.01. The van der Waals surface area contributed by atoms with E-state index in [4.69, 9.17) is 0 Å². The van der Waals surface area contributed by atoms with Gasteiger partial charge in [-0.15, -0.1) is 22.7 Å². The molecule has 3 aromatic rings. The van der Waals surface area contributed by atoms with Crippen molar-refractivity contribution in [2.45, 2.75) is 73.1 Å². The molecule has 0 aliphatic heterocycles. The Bertz CT molecular complexity index is 776. The van der Waals surface area contributed by atoms with E-state index in [0.29, 0.717) is 11.8 Å². The predicted octanol–water partition coefficient (Wildman–Crippen LogP) is 7.62. The Morgan fingerprint density at radius 3 is 2.12 bits per heavy atom. The number of benzene rings is 1. The molecule has 0 spiro atoms. The lowest BCUT2D eigenvalue weighted by atomic mass is 9.96. The lowest BCUT2D eigenvalue weighted by Crippen LogP contribution is -2.07. The van der Waals surface area contributed by atoms with Gasteiger partial charge < -0.3 is 0 Å². The van der Waals surface area contributed by atoms with Crippen LogP contribution in [-0.4, -0.2) is 9.97 Å². The third-order valence-electron chi connectivity index (χ3n) is 3.78. The van der Waals surface area contributed by atoms with E-state index in [-0.39, 0.29) is 12.8 Å². The van der Waals surface area contributed by atoms with Crippen LogP contribution < -0.4 is 0 Å². The maximum Gasteiger partial charge on any atom is 0.0953 e. The van der Waals surface area contributed by atoms with E-state index in [2.05, 4.69) is 76.6 Å². The average molecular weight is 377 g/mol. The molecule has 0 saturated carbocycles. The van der Waals surface area contributed by atoms with Crippen molar-refractivity contribution < 1.29 is 0 Å². The normalized spacial score (nSPS) is 11.4. The summed E-state index contributed by atoms with van der Waals surface area (Å²) in [6.45, 7) is 15.5. The number of nitrogens with zero attached hydrogens (tertiary/aromatic N) is 2. The van der Waals surface area contributed by atoms with Gasteiger partial charge in [-0.1, -0.05) is 62.0 Å². The molecular formula is C21H32N2S2. The Hall–Kier alpha value is -1.26. The van der Waals surface area contributed by atoms with Gasteiger partial charge in [0, 0.05) is 17.0 Å². The molecule has 0 atom stereocenters. The first-order chi connectivity index (χ1) is 11.2. The first kappa shape index (κ1) is 21.8. The molecule has 0 bridgehead atoms. The maximum absolute atomic E-state index is 4.40. The van der Waals surface area contributed by atoms with Gasteiger partial charge in [-0.2, -0.15) is 0 Å². The molecule has 0 fully saturated rings. The molecule has 138 valence electrons. The molecule has 0 aliphatic rings. The fourth-order valence-corrected chi connectivity index (χ4v) is 3.84. The second-order valence-corrected chi connectivity index (χ2v) is 9.65. The van der Waals surface area contributed by atoms with Crippen molar-refractivity contribution >= 4 is 32.9 Å². The largest absolute Gasteiger partial charge is 0.249 e. The average Bonchev–Trinajstić information content (AvgIpc) is 3.15. The third-order valence-corrected chi connectivity index (χ3v) is 6.29. The van der Waals surface area contributed by atoms with Crippen LogP contribution in [0, 0.1) is 0 Å². The standard InChI is InChI=1S/C10H11NS.C10H17NS.CH4/c1-7(2)8-3-4-9-10(5-8)12-6-11-9;1-7(2)9-11-6-8(12-9)10(3,4)5;/h3-7H,1-2H3;6-7H,1-5H3;1H4. The van der Waals surface area contributed by atoms with E-state index in [1.54, 1.807) is 11.3 Å². The van der Waals surface area contributed by atoms with Crippen molar-refractivity contribution in [2.75, 3.05) is 0 Å². The van der Waals surface area contributed by atoms with Crippen LogP contribution in [0.4, 0.5) is 0 Å². The topological polar surface area (TPSA) is 25.8 Å². The van der Waals surface area contributed by atoms with E-state index in [1.165, 1.54) is 20.1 Å². The second kappa shape index (κ2) is 8.91. The first-order valence-corrected chi connectivity index (χ1v) is 10.2. The smallest absolute Gasteiger partial charge is 0.0953 e. The lowest BCUT2D eigenvalue weighted by Gasteiger charge is -2.14. The molecule has 2 aromatic heterocycles. The number of hydrogen-bond donors (Lipinski definition) is 0. The minimum Gasteiger partial charge on any atom is -0.249 e. The fourth-order valence-electron chi connectivity index (χ4n) is 2.13. The van der Waals surface area contributed by atoms with Gasteiger partial charge in [-0.05, 0) is 29.0 Å². The minimum absolute atomic E-state index is 0. The van der Waals surface area contributed by atoms with Gasteiger partial charge in [0.2, 0.25) is 0 Å². The van der Waals surface area contributed by atoms with Gasteiger partial charge >= 0.3 is 0 Å². The fraction of sp³-hybridized carbons (Fsp3) is 0.524. The monoisotopic (exact) mass is 376 g/mol. The highest BCUT2D eigenvalue weighted by atomic mass is 32.1. The molecule has 4 heteroatoms. The third kappa shape index (κ3) is 5.89. The van der Waals surface area contributed by atoms with Crippen LogP contribution in [0.2, 0.25) is 0 Å². The van der Waals surface area contributed by atoms with Gasteiger partial charge in [0.15, 0.2) is 0 Å². The Morgan fingerprint density at radius 2 is 1.64 bits per heavy atom. The predicted molar refractivity (Wildman–Crippen MR) is 115 cm³/mol. The first-order valence-electron chi connectivity index (χ1n) is 8.48. The maximum atomic E-state index is 4.40. The van der Waals surface area contributed by atoms with Crippen LogP contribution >= 0.6 is 22.7 Å². The van der Waals surface area contributed by atoms with Crippen molar-refractivity contribution in [3.63, 3.8) is 0 Å². The zero-order valence-corrected chi connectivity index (χ0v) is 17.4. The van der Waals surface area contributed by atoms with E-state index in [9.17, 15) is 0 Å². The summed E-state index contributed by atoms with van der Waals surface area (Å²) in [5, 5.41) is 1.25. The molecule has 0 radical (unpaired) electrons. The summed E-state index contributed by atoms with van der Waals surface area (Å²) >= 11 is 3.54. The molecule has 0 unspecified atom stereocenters. The van der Waals surface area contributed by atoms with Gasteiger partial charge in [0.05, 0.1) is 20.7 Å². The second-order valence-electron chi connectivity index (χ2n) is 7.70. The Labute approximate surface area is 161 Å². The Morgan fingerprint density at radius 1 is 0.960 bits per heavy atom. The molecular weight excluding hydrogens is 344 g/mol. The summed E-state index contributed by atoms with van der Waals surface area (Å²) in [4.78, 5) is 10.0. The van der Waals surface area contributed by atoms with Crippen molar-refractivity contribution in [3.8, 4) is 0 Å². The number of fused-ring (bicyclic) bond motifs is 1. The van der Waals surface area contributed by atoms with Crippen LogP contribution in [0.15, 0.2) is 29.9 Å². The van der Waals surface area contributed by atoms with Crippen molar-refractivity contribution in [2.24, 2.45) is 0 Å². The summed E-state index contributed by atoms with van der Waals surface area (Å²) in [5.74, 6) is 1.17. The number of hydrogen-bond acceptors (Lipinski definition) is 4. The summed E-state index contributed by atoms with van der Waals surface area (Å²) < 4.78 is 1.29. The molecule has 2 nitrogen and oxygen atoms in total. The van der Waals surface area contributed by atoms with Gasteiger partial charge in [-0.3, -0.25) is 0 Å². The van der Waals surface area contributed by atoms with E-state index < -0.39 is 0 Å². The van der Waals surface area contributed by atoms with Crippen LogP contribution in [0.25, 0.3) is 10.2 Å². The minimum atomic E-state index is 0. The molecule has 0 amide bonds. The molecule has 0 saturated heterocycles.